The molecule has 0 saturated heterocycles. The molecule has 8 nitrogen and oxygen atoms in total. The molecule has 0 bridgehead atoms. The van der Waals surface area contributed by atoms with Crippen LogP contribution in [0, 0.1) is 0 Å². The lowest BCUT2D eigenvalue weighted by Crippen LogP contribution is -2.28. The van der Waals surface area contributed by atoms with Crippen LogP contribution in [-0.2, 0) is 27.9 Å². The Morgan fingerprint density at radius 1 is 0.500 bits per heavy atom. The van der Waals surface area contributed by atoms with Crippen molar-refractivity contribution >= 4 is 13.8 Å². The molecule has 0 fully saturated rings. The number of unbranched alkanes of at least 4 members (excludes halogenated alkanes) is 14. The van der Waals surface area contributed by atoms with Crippen LogP contribution in [-0.4, -0.2) is 49.9 Å². The molecule has 0 aromatic heterocycles. The predicted molar refractivity (Wildman–Crippen MR) is 265 cm³/mol. The lowest BCUT2D eigenvalue weighted by molar-refractivity contribution is -0.154. The summed E-state index contributed by atoms with van der Waals surface area (Å²) in [5.74, 6) is -0.359. The van der Waals surface area contributed by atoms with Crippen molar-refractivity contribution in [2.45, 2.75) is 187 Å². The third kappa shape index (κ3) is 48.2. The van der Waals surface area contributed by atoms with E-state index in [-0.39, 0.29) is 38.8 Å². The Hall–Kier alpha value is -2.84. The van der Waals surface area contributed by atoms with E-state index < -0.39 is 13.9 Å². The van der Waals surface area contributed by atoms with Crippen LogP contribution in [0.3, 0.4) is 0 Å². The smallest absolute Gasteiger partial charge is 0.457 e. The first-order valence-electron chi connectivity index (χ1n) is 24.4. The molecule has 354 valence electrons. The fourth-order valence-electron chi connectivity index (χ4n) is 6.12. The molecule has 2 atom stereocenters. The summed E-state index contributed by atoms with van der Waals surface area (Å²) in [4.78, 5) is 22.6. The zero-order chi connectivity index (χ0) is 45.1. The Morgan fingerprint density at radius 2 is 0.903 bits per heavy atom. The number of phosphoric acid groups is 1. The number of rotatable bonds is 45. The van der Waals surface area contributed by atoms with Gasteiger partial charge in [0.05, 0.1) is 19.8 Å². The van der Waals surface area contributed by atoms with Gasteiger partial charge in [0.25, 0.3) is 0 Å². The molecular formula is C53H90NO7P. The molecular weight excluding hydrogens is 794 g/mol. The van der Waals surface area contributed by atoms with Gasteiger partial charge in [-0.3, -0.25) is 13.8 Å². The first-order valence-corrected chi connectivity index (χ1v) is 25.9. The van der Waals surface area contributed by atoms with Crippen LogP contribution in [0.1, 0.15) is 181 Å². The summed E-state index contributed by atoms with van der Waals surface area (Å²) < 4.78 is 33.5. The maximum atomic E-state index is 12.6. The third-order valence-electron chi connectivity index (χ3n) is 9.67. The Labute approximate surface area is 380 Å². The van der Waals surface area contributed by atoms with Crippen LogP contribution in [0.4, 0.5) is 0 Å². The number of phosphoric ester groups is 1. The maximum Gasteiger partial charge on any atom is 0.472 e. The number of allylic oxidation sites excluding steroid dienone is 18. The topological polar surface area (TPSA) is 117 Å². The Balaban J connectivity index is 4.12. The van der Waals surface area contributed by atoms with E-state index in [9.17, 15) is 14.3 Å². The second kappa shape index (κ2) is 49.2. The number of carbonyl (C=O) groups is 1. The zero-order valence-corrected chi connectivity index (χ0v) is 40.2. The minimum atomic E-state index is -4.30. The summed E-state index contributed by atoms with van der Waals surface area (Å²) in [5.41, 5.74) is 5.38. The van der Waals surface area contributed by atoms with E-state index in [1.54, 1.807) is 0 Å². The number of ether oxygens (including phenoxy) is 2. The summed E-state index contributed by atoms with van der Waals surface area (Å²) in [6.45, 7) is 4.67. The molecule has 2 unspecified atom stereocenters. The molecule has 0 aliphatic carbocycles. The average molecular weight is 884 g/mol. The predicted octanol–water partition coefficient (Wildman–Crippen LogP) is 15.2. The molecule has 0 aromatic rings. The van der Waals surface area contributed by atoms with Crippen molar-refractivity contribution < 1.29 is 32.8 Å². The summed E-state index contributed by atoms with van der Waals surface area (Å²) in [7, 11) is -4.30. The zero-order valence-electron chi connectivity index (χ0n) is 39.3. The van der Waals surface area contributed by atoms with Crippen LogP contribution < -0.4 is 5.73 Å². The van der Waals surface area contributed by atoms with Gasteiger partial charge in [0.15, 0.2) is 0 Å². The fraction of sp³-hybridized carbons (Fsp3) is 0.642. The van der Waals surface area contributed by atoms with Crippen molar-refractivity contribution in [2.75, 3.05) is 33.0 Å². The Bertz CT molecular complexity index is 1310. The van der Waals surface area contributed by atoms with Crippen molar-refractivity contribution in [3.63, 3.8) is 0 Å². The standard InChI is InChI=1S/C53H90NO7P/c1-3-5-7-9-11-13-15-17-19-21-23-25-27-29-31-33-35-37-39-41-43-45-48-58-50-52(51-60-62(56,57)59-49-47-54)61-53(55)46-44-42-40-38-36-34-32-30-28-26-24-22-20-18-16-14-12-10-8-6-4-2/h5,7,11,13,16-19,22-25,28-31,35,37,52H,3-4,6,8-10,12,14-15,20-21,26-27,32-34,36,38-51,54H2,1-2H3,(H,56,57)/b7-5-,13-11-,18-16-,19-17-,24-22-,25-23-,30-28-,31-29-,37-35-. The van der Waals surface area contributed by atoms with Gasteiger partial charge < -0.3 is 20.1 Å². The number of esters is 1. The van der Waals surface area contributed by atoms with Crippen molar-refractivity contribution in [2.24, 2.45) is 5.73 Å². The number of carbonyl (C=O) groups excluding carboxylic acids is 1. The van der Waals surface area contributed by atoms with Crippen LogP contribution in [0.25, 0.3) is 0 Å². The van der Waals surface area contributed by atoms with E-state index in [0.29, 0.717) is 6.61 Å². The van der Waals surface area contributed by atoms with Gasteiger partial charge in [-0.2, -0.15) is 0 Å². The largest absolute Gasteiger partial charge is 0.472 e. The highest BCUT2D eigenvalue weighted by Gasteiger charge is 2.25. The van der Waals surface area contributed by atoms with Gasteiger partial charge in [0.2, 0.25) is 0 Å². The maximum absolute atomic E-state index is 12.6. The fourth-order valence-corrected chi connectivity index (χ4v) is 6.89. The molecule has 0 rings (SSSR count). The molecule has 0 amide bonds. The molecule has 9 heteroatoms. The summed E-state index contributed by atoms with van der Waals surface area (Å²) in [6.07, 6.45) is 66.9. The minimum absolute atomic E-state index is 0.0805. The second-order valence-corrected chi connectivity index (χ2v) is 17.0. The SMILES string of the molecule is CC/C=C\C/C=C\C/C=C\C/C=C\C/C=C\C/C=C\CCCCCOCC(COP(=O)(O)OCCN)OC(=O)CCCCCCCC/C=C\C/C=C\C/C=C\CCCCCCC. The van der Waals surface area contributed by atoms with Crippen molar-refractivity contribution in [3.05, 3.63) is 109 Å². The van der Waals surface area contributed by atoms with Crippen LogP contribution in [0.2, 0.25) is 0 Å². The van der Waals surface area contributed by atoms with E-state index in [4.69, 9.17) is 24.3 Å². The second-order valence-electron chi connectivity index (χ2n) is 15.6. The van der Waals surface area contributed by atoms with Gasteiger partial charge in [-0.15, -0.1) is 0 Å². The molecule has 0 heterocycles. The van der Waals surface area contributed by atoms with E-state index in [2.05, 4.69) is 123 Å². The molecule has 0 saturated carbocycles. The lowest BCUT2D eigenvalue weighted by Gasteiger charge is -2.20. The van der Waals surface area contributed by atoms with Gasteiger partial charge in [0.1, 0.15) is 6.10 Å². The highest BCUT2D eigenvalue weighted by atomic mass is 31.2. The molecule has 0 aliphatic heterocycles. The Kier molecular flexibility index (Phi) is 46.9. The van der Waals surface area contributed by atoms with Crippen LogP contribution in [0.5, 0.6) is 0 Å². The van der Waals surface area contributed by atoms with Gasteiger partial charge >= 0.3 is 13.8 Å². The minimum Gasteiger partial charge on any atom is -0.457 e. The van der Waals surface area contributed by atoms with Crippen molar-refractivity contribution in [1.82, 2.24) is 0 Å². The van der Waals surface area contributed by atoms with Crippen LogP contribution in [0.15, 0.2) is 109 Å². The molecule has 0 spiro atoms. The van der Waals surface area contributed by atoms with E-state index in [0.717, 1.165) is 109 Å². The quantitative estimate of drug-likeness (QED) is 0.0269. The monoisotopic (exact) mass is 884 g/mol. The molecule has 0 radical (unpaired) electrons. The molecule has 0 aliphatic rings. The highest BCUT2D eigenvalue weighted by Crippen LogP contribution is 2.43. The number of hydrogen-bond acceptors (Lipinski definition) is 7. The van der Waals surface area contributed by atoms with Gasteiger partial charge in [-0.25, -0.2) is 4.57 Å². The average Bonchev–Trinajstić information content (AvgIpc) is 3.26. The van der Waals surface area contributed by atoms with Gasteiger partial charge in [0, 0.05) is 19.6 Å². The summed E-state index contributed by atoms with van der Waals surface area (Å²) >= 11 is 0. The Morgan fingerprint density at radius 3 is 1.35 bits per heavy atom. The van der Waals surface area contributed by atoms with Crippen LogP contribution >= 0.6 is 7.82 Å². The van der Waals surface area contributed by atoms with Crippen molar-refractivity contribution in [3.8, 4) is 0 Å². The van der Waals surface area contributed by atoms with Gasteiger partial charge in [-0.1, -0.05) is 181 Å². The van der Waals surface area contributed by atoms with E-state index >= 15 is 0 Å². The number of nitrogens with two attached hydrogens (primary N) is 1. The third-order valence-corrected chi connectivity index (χ3v) is 10.7. The molecule has 3 N–H and O–H groups in total. The van der Waals surface area contributed by atoms with Crippen molar-refractivity contribution in [1.29, 1.82) is 0 Å². The number of hydrogen-bond donors (Lipinski definition) is 2. The first-order chi connectivity index (χ1) is 30.4. The molecule has 62 heavy (non-hydrogen) atoms. The summed E-state index contributed by atoms with van der Waals surface area (Å²) in [6, 6.07) is 0. The highest BCUT2D eigenvalue weighted by molar-refractivity contribution is 7.47. The molecule has 0 aromatic carbocycles. The van der Waals surface area contributed by atoms with Gasteiger partial charge in [-0.05, 0) is 103 Å². The van der Waals surface area contributed by atoms with E-state index in [1.807, 2.05) is 0 Å². The lowest BCUT2D eigenvalue weighted by atomic mass is 10.1. The van der Waals surface area contributed by atoms with E-state index in [1.165, 1.54) is 51.4 Å². The normalized spacial score (nSPS) is 14.3. The summed E-state index contributed by atoms with van der Waals surface area (Å²) in [5, 5.41) is 0. The first kappa shape index (κ1) is 59.2.